The molecule has 11 heavy (non-hydrogen) atoms. The maximum absolute atomic E-state index is 10.5. The van der Waals surface area contributed by atoms with Crippen LogP contribution < -0.4 is 11.2 Å². The quantitative estimate of drug-likeness (QED) is 0.399. The Morgan fingerprint density at radius 3 is 2.73 bits per heavy atom. The van der Waals surface area contributed by atoms with Gasteiger partial charge in [-0.3, -0.25) is 0 Å². The van der Waals surface area contributed by atoms with Crippen molar-refractivity contribution in [2.24, 2.45) is 0 Å². The number of aromatic nitrogens is 2. The summed E-state index contributed by atoms with van der Waals surface area (Å²) in [4.78, 5) is 16.2. The number of H-pyrrole nitrogens is 1. The Labute approximate surface area is 62.9 Å². The summed E-state index contributed by atoms with van der Waals surface area (Å²) in [6.45, 7) is 1.57. The van der Waals surface area contributed by atoms with Gasteiger partial charge < -0.3 is 15.0 Å². The van der Waals surface area contributed by atoms with Gasteiger partial charge in [-0.2, -0.15) is 0 Å². The molecule has 0 atom stereocenters. The molecule has 0 bridgehead atoms. The molecule has 1 heterocycles. The highest BCUT2D eigenvalue weighted by molar-refractivity contribution is 6.58. The third-order valence-corrected chi connectivity index (χ3v) is 1.33. The predicted octanol–water partition coefficient (Wildman–Crippen LogP) is -2.24. The van der Waals surface area contributed by atoms with Crippen molar-refractivity contribution < 1.29 is 10.0 Å². The van der Waals surface area contributed by atoms with Crippen molar-refractivity contribution in [2.75, 3.05) is 0 Å². The highest BCUT2D eigenvalue weighted by atomic mass is 16.4. The molecule has 0 unspecified atom stereocenters. The van der Waals surface area contributed by atoms with Crippen LogP contribution in [0.5, 0.6) is 0 Å². The molecule has 5 nitrogen and oxygen atoms in total. The summed E-state index contributed by atoms with van der Waals surface area (Å²) >= 11 is 0. The third kappa shape index (κ3) is 1.66. The fourth-order valence-corrected chi connectivity index (χ4v) is 0.750. The fraction of sp³-hybridized carbons (Fsp3) is 0.200. The Morgan fingerprint density at radius 2 is 2.27 bits per heavy atom. The van der Waals surface area contributed by atoms with Crippen molar-refractivity contribution in [1.82, 2.24) is 9.97 Å². The summed E-state index contributed by atoms with van der Waals surface area (Å²) in [5, 5.41) is 17.4. The standard InChI is InChI=1S/C5H7BN2O3/c1-3-4(6(10)11)2-7-5(9)8-3/h2,10-11H,1H3,(H,7,8,9). The van der Waals surface area contributed by atoms with E-state index in [1.54, 1.807) is 6.92 Å². The first-order valence-corrected chi connectivity index (χ1v) is 3.03. The van der Waals surface area contributed by atoms with Crippen molar-refractivity contribution in [1.29, 1.82) is 0 Å². The SMILES string of the molecule is Cc1[nH]c(=O)ncc1B(O)O. The van der Waals surface area contributed by atoms with Crippen LogP contribution in [-0.2, 0) is 0 Å². The molecular formula is C5H7BN2O3. The number of rotatable bonds is 1. The molecule has 3 N–H and O–H groups in total. The minimum absolute atomic E-state index is 0.213. The van der Waals surface area contributed by atoms with Gasteiger partial charge in [0.2, 0.25) is 0 Å². The molecule has 0 amide bonds. The van der Waals surface area contributed by atoms with Crippen molar-refractivity contribution in [2.45, 2.75) is 6.92 Å². The first kappa shape index (κ1) is 7.97. The second-order valence-electron chi connectivity index (χ2n) is 2.14. The van der Waals surface area contributed by atoms with E-state index in [2.05, 4.69) is 9.97 Å². The maximum Gasteiger partial charge on any atom is 0.491 e. The first-order chi connectivity index (χ1) is 5.11. The summed E-state index contributed by atoms with van der Waals surface area (Å²) in [7, 11) is -1.58. The average Bonchev–Trinajstić information content (AvgIpc) is 1.85. The van der Waals surface area contributed by atoms with Gasteiger partial charge in [-0.25, -0.2) is 9.78 Å². The summed E-state index contributed by atoms with van der Waals surface area (Å²) in [5.41, 5.74) is 0.136. The van der Waals surface area contributed by atoms with E-state index in [4.69, 9.17) is 10.0 Å². The van der Waals surface area contributed by atoms with Gasteiger partial charge in [0.25, 0.3) is 0 Å². The van der Waals surface area contributed by atoms with Crippen LogP contribution in [0.3, 0.4) is 0 Å². The van der Waals surface area contributed by atoms with Gasteiger partial charge in [0.05, 0.1) is 0 Å². The van der Waals surface area contributed by atoms with Crippen LogP contribution in [0.25, 0.3) is 0 Å². The van der Waals surface area contributed by atoms with E-state index in [-0.39, 0.29) is 5.46 Å². The number of nitrogens with zero attached hydrogens (tertiary/aromatic N) is 1. The molecule has 1 aromatic rings. The third-order valence-electron chi connectivity index (χ3n) is 1.33. The normalized spacial score (nSPS) is 9.73. The van der Waals surface area contributed by atoms with E-state index in [1.807, 2.05) is 0 Å². The average molecular weight is 154 g/mol. The minimum atomic E-state index is -1.58. The Kier molecular flexibility index (Phi) is 2.07. The molecule has 0 aliphatic carbocycles. The van der Waals surface area contributed by atoms with Crippen molar-refractivity contribution in [3.8, 4) is 0 Å². The lowest BCUT2D eigenvalue weighted by Gasteiger charge is -2.00. The highest BCUT2D eigenvalue weighted by Gasteiger charge is 2.14. The van der Waals surface area contributed by atoms with Gasteiger partial charge in [0.15, 0.2) is 0 Å². The van der Waals surface area contributed by atoms with Crippen LogP contribution in [-0.4, -0.2) is 27.1 Å². The number of hydrogen-bond acceptors (Lipinski definition) is 4. The molecule has 0 saturated heterocycles. The molecule has 0 spiro atoms. The second kappa shape index (κ2) is 2.85. The molecule has 1 rings (SSSR count). The smallest absolute Gasteiger partial charge is 0.423 e. The lowest BCUT2D eigenvalue weighted by molar-refractivity contribution is 0.425. The number of aromatic amines is 1. The molecule has 1 aromatic heterocycles. The number of nitrogens with one attached hydrogen (secondary N) is 1. The van der Waals surface area contributed by atoms with Gasteiger partial charge in [-0.1, -0.05) is 0 Å². The van der Waals surface area contributed by atoms with Crippen LogP contribution in [0.2, 0.25) is 0 Å². The highest BCUT2D eigenvalue weighted by Crippen LogP contribution is 1.81. The summed E-state index contributed by atoms with van der Waals surface area (Å²) in [6, 6.07) is 0. The van der Waals surface area contributed by atoms with Gasteiger partial charge in [0.1, 0.15) is 0 Å². The van der Waals surface area contributed by atoms with E-state index in [0.717, 1.165) is 6.20 Å². The van der Waals surface area contributed by atoms with Crippen LogP contribution in [0.1, 0.15) is 5.69 Å². The second-order valence-corrected chi connectivity index (χ2v) is 2.14. The molecule has 0 aliphatic rings. The zero-order valence-corrected chi connectivity index (χ0v) is 5.90. The Morgan fingerprint density at radius 1 is 1.64 bits per heavy atom. The lowest BCUT2D eigenvalue weighted by atomic mass is 9.80. The van der Waals surface area contributed by atoms with Crippen molar-refractivity contribution >= 4 is 12.6 Å². The minimum Gasteiger partial charge on any atom is -0.423 e. The Hall–Kier alpha value is -1.14. The summed E-state index contributed by atoms with van der Waals surface area (Å²) in [5.74, 6) is 0. The monoisotopic (exact) mass is 154 g/mol. The largest absolute Gasteiger partial charge is 0.491 e. The van der Waals surface area contributed by atoms with E-state index >= 15 is 0 Å². The van der Waals surface area contributed by atoms with E-state index in [9.17, 15) is 4.79 Å². The van der Waals surface area contributed by atoms with Crippen LogP contribution >= 0.6 is 0 Å². The molecule has 6 heteroatoms. The molecule has 58 valence electrons. The Bertz CT molecular complexity index is 309. The molecule has 0 aliphatic heterocycles. The molecule has 0 radical (unpaired) electrons. The zero-order chi connectivity index (χ0) is 8.43. The lowest BCUT2D eigenvalue weighted by Crippen LogP contribution is -2.35. The van der Waals surface area contributed by atoms with Crippen LogP contribution in [0.4, 0.5) is 0 Å². The van der Waals surface area contributed by atoms with Gasteiger partial charge in [0, 0.05) is 17.4 Å². The van der Waals surface area contributed by atoms with Gasteiger partial charge in [-0.15, -0.1) is 0 Å². The predicted molar refractivity (Wildman–Crippen MR) is 39.4 cm³/mol. The van der Waals surface area contributed by atoms with Crippen LogP contribution in [0, 0.1) is 6.92 Å². The molecule has 0 fully saturated rings. The number of aryl methyl sites for hydroxylation is 1. The summed E-state index contributed by atoms with van der Waals surface area (Å²) in [6.07, 6.45) is 1.14. The van der Waals surface area contributed by atoms with E-state index in [1.165, 1.54) is 0 Å². The van der Waals surface area contributed by atoms with Crippen molar-refractivity contribution in [3.63, 3.8) is 0 Å². The van der Waals surface area contributed by atoms with Gasteiger partial charge >= 0.3 is 12.8 Å². The molecule has 0 aromatic carbocycles. The maximum atomic E-state index is 10.5. The Balaban J connectivity index is 3.20. The zero-order valence-electron chi connectivity index (χ0n) is 5.90. The fourth-order valence-electron chi connectivity index (χ4n) is 0.750. The molecular weight excluding hydrogens is 147 g/mol. The number of hydrogen-bond donors (Lipinski definition) is 3. The molecule has 0 saturated carbocycles. The van der Waals surface area contributed by atoms with E-state index < -0.39 is 12.8 Å². The van der Waals surface area contributed by atoms with Crippen molar-refractivity contribution in [3.05, 3.63) is 22.4 Å². The summed E-state index contributed by atoms with van der Waals surface area (Å²) < 4.78 is 0. The van der Waals surface area contributed by atoms with Crippen LogP contribution in [0.15, 0.2) is 11.0 Å². The van der Waals surface area contributed by atoms with E-state index in [0.29, 0.717) is 5.69 Å². The first-order valence-electron chi connectivity index (χ1n) is 3.03. The van der Waals surface area contributed by atoms with Gasteiger partial charge in [-0.05, 0) is 6.92 Å². The topological polar surface area (TPSA) is 86.2 Å².